The molecule has 1 amide bonds. The first-order chi connectivity index (χ1) is 10.1. The second kappa shape index (κ2) is 6.94. The first-order valence-electron chi connectivity index (χ1n) is 7.73. The van der Waals surface area contributed by atoms with E-state index >= 15 is 0 Å². The monoisotopic (exact) mass is 290 g/mol. The largest absolute Gasteiger partial charge is 0.496 e. The van der Waals surface area contributed by atoms with Crippen LogP contribution in [0.25, 0.3) is 0 Å². The molecule has 1 aromatic carbocycles. The predicted molar refractivity (Wildman–Crippen MR) is 84.9 cm³/mol. The molecule has 2 atom stereocenters. The van der Waals surface area contributed by atoms with Crippen LogP contribution in [0.4, 0.5) is 0 Å². The van der Waals surface area contributed by atoms with E-state index in [1.54, 1.807) is 7.11 Å². The molecule has 1 aliphatic rings. The van der Waals surface area contributed by atoms with Crippen molar-refractivity contribution in [3.05, 3.63) is 28.8 Å². The van der Waals surface area contributed by atoms with Crippen LogP contribution in [0, 0.1) is 13.8 Å². The number of methoxy groups -OCH3 is 1. The van der Waals surface area contributed by atoms with Crippen LogP contribution in [0.2, 0.25) is 0 Å². The Bertz CT molecular complexity index is 514. The zero-order chi connectivity index (χ0) is 15.4. The summed E-state index contributed by atoms with van der Waals surface area (Å²) in [5.41, 5.74) is 3.73. The van der Waals surface area contributed by atoms with E-state index in [1.165, 1.54) is 16.7 Å². The molecular weight excluding hydrogens is 264 g/mol. The van der Waals surface area contributed by atoms with E-state index in [0.29, 0.717) is 12.5 Å². The van der Waals surface area contributed by atoms with Gasteiger partial charge in [0.1, 0.15) is 5.75 Å². The van der Waals surface area contributed by atoms with Gasteiger partial charge < -0.3 is 15.4 Å². The molecule has 0 saturated carbocycles. The van der Waals surface area contributed by atoms with E-state index in [1.807, 2.05) is 6.92 Å². The van der Waals surface area contributed by atoms with Crippen molar-refractivity contribution < 1.29 is 9.53 Å². The number of nitrogens with one attached hydrogen (secondary N) is 2. The lowest BCUT2D eigenvalue weighted by molar-refractivity contribution is -0.123. The number of ether oxygens (including phenoxy) is 1. The number of likely N-dealkylation sites (N-methyl/N-ethyl adjacent to an activating group) is 1. The number of rotatable bonds is 4. The first-order valence-corrected chi connectivity index (χ1v) is 7.73. The van der Waals surface area contributed by atoms with Gasteiger partial charge in [-0.1, -0.05) is 6.07 Å². The molecular formula is C17H26N2O2. The van der Waals surface area contributed by atoms with Gasteiger partial charge in [-0.2, -0.15) is 0 Å². The third kappa shape index (κ3) is 3.56. The second-order valence-electron chi connectivity index (χ2n) is 5.82. The van der Waals surface area contributed by atoms with Crippen LogP contribution < -0.4 is 15.4 Å². The number of piperidine rings is 1. The fraction of sp³-hybridized carbons (Fsp3) is 0.588. The van der Waals surface area contributed by atoms with Gasteiger partial charge in [-0.05, 0) is 63.3 Å². The van der Waals surface area contributed by atoms with Crippen molar-refractivity contribution in [1.29, 1.82) is 0 Å². The summed E-state index contributed by atoms with van der Waals surface area (Å²) in [7, 11) is 1.72. The van der Waals surface area contributed by atoms with Gasteiger partial charge in [0.2, 0.25) is 5.91 Å². The normalized spacial score (nSPS) is 21.9. The minimum atomic E-state index is -0.103. The zero-order valence-corrected chi connectivity index (χ0v) is 13.5. The molecule has 4 nitrogen and oxygen atoms in total. The predicted octanol–water partition coefficient (Wildman–Crippen LogP) is 2.28. The number of benzene rings is 1. The van der Waals surface area contributed by atoms with Crippen LogP contribution in [-0.4, -0.2) is 32.1 Å². The van der Waals surface area contributed by atoms with Crippen LogP contribution >= 0.6 is 0 Å². The summed E-state index contributed by atoms with van der Waals surface area (Å²) in [5, 5.41) is 6.23. The van der Waals surface area contributed by atoms with Crippen LogP contribution in [0.3, 0.4) is 0 Å². The molecule has 2 rings (SSSR count). The van der Waals surface area contributed by atoms with Gasteiger partial charge >= 0.3 is 0 Å². The lowest BCUT2D eigenvalue weighted by Gasteiger charge is -2.31. The van der Waals surface area contributed by atoms with Crippen LogP contribution in [0.5, 0.6) is 5.75 Å². The number of amides is 1. The van der Waals surface area contributed by atoms with Crippen LogP contribution in [-0.2, 0) is 4.79 Å². The lowest BCUT2D eigenvalue weighted by Crippen LogP contribution is -2.48. The summed E-state index contributed by atoms with van der Waals surface area (Å²) in [4.78, 5) is 12.1. The third-order valence-corrected chi connectivity index (χ3v) is 4.19. The Kier molecular flexibility index (Phi) is 5.23. The highest BCUT2D eigenvalue weighted by molar-refractivity contribution is 5.82. The SMILES string of the molecule is CCNC(=O)C1CC(c2c(C)cc(C)cc2OC)CCN1. The molecule has 21 heavy (non-hydrogen) atoms. The summed E-state index contributed by atoms with van der Waals surface area (Å²) >= 11 is 0. The van der Waals surface area contributed by atoms with E-state index in [4.69, 9.17) is 4.74 Å². The molecule has 0 aromatic heterocycles. The van der Waals surface area contributed by atoms with Crippen LogP contribution in [0.15, 0.2) is 12.1 Å². The molecule has 1 saturated heterocycles. The first kappa shape index (κ1) is 15.8. The molecule has 1 aliphatic heterocycles. The van der Waals surface area contributed by atoms with E-state index in [-0.39, 0.29) is 11.9 Å². The van der Waals surface area contributed by atoms with Gasteiger partial charge in [-0.3, -0.25) is 4.79 Å². The number of hydrogen-bond acceptors (Lipinski definition) is 3. The second-order valence-corrected chi connectivity index (χ2v) is 5.82. The molecule has 0 bridgehead atoms. The maximum absolute atomic E-state index is 12.1. The van der Waals surface area contributed by atoms with Crippen molar-refractivity contribution in [3.8, 4) is 5.75 Å². The topological polar surface area (TPSA) is 50.4 Å². The third-order valence-electron chi connectivity index (χ3n) is 4.19. The zero-order valence-electron chi connectivity index (χ0n) is 13.5. The number of carbonyl (C=O) groups is 1. The molecule has 116 valence electrons. The van der Waals surface area contributed by atoms with Crippen molar-refractivity contribution >= 4 is 5.91 Å². The Hall–Kier alpha value is -1.55. The molecule has 1 aromatic rings. The van der Waals surface area contributed by atoms with Gasteiger partial charge in [0.05, 0.1) is 13.2 Å². The minimum absolute atomic E-state index is 0.103. The summed E-state index contributed by atoms with van der Waals surface area (Å²) in [6, 6.07) is 4.18. The van der Waals surface area contributed by atoms with E-state index in [0.717, 1.165) is 25.1 Å². The molecule has 0 spiro atoms. The smallest absolute Gasteiger partial charge is 0.237 e. The minimum Gasteiger partial charge on any atom is -0.496 e. The molecule has 1 fully saturated rings. The van der Waals surface area contributed by atoms with Crippen molar-refractivity contribution in [1.82, 2.24) is 10.6 Å². The quantitative estimate of drug-likeness (QED) is 0.894. The lowest BCUT2D eigenvalue weighted by atomic mass is 9.83. The van der Waals surface area contributed by atoms with E-state index < -0.39 is 0 Å². The van der Waals surface area contributed by atoms with Gasteiger partial charge in [0, 0.05) is 12.1 Å². The number of carbonyl (C=O) groups excluding carboxylic acids is 1. The Balaban J connectivity index is 2.23. The fourth-order valence-corrected chi connectivity index (χ4v) is 3.31. The Labute approximate surface area is 127 Å². The highest BCUT2D eigenvalue weighted by atomic mass is 16.5. The molecule has 0 aliphatic carbocycles. The van der Waals surface area contributed by atoms with Gasteiger partial charge in [0.25, 0.3) is 0 Å². The van der Waals surface area contributed by atoms with Gasteiger partial charge in [-0.15, -0.1) is 0 Å². The van der Waals surface area contributed by atoms with E-state index in [9.17, 15) is 4.79 Å². The molecule has 1 heterocycles. The summed E-state index contributed by atoms with van der Waals surface area (Å²) < 4.78 is 5.58. The van der Waals surface area contributed by atoms with Gasteiger partial charge in [-0.25, -0.2) is 0 Å². The maximum atomic E-state index is 12.1. The Morgan fingerprint density at radius 3 is 2.86 bits per heavy atom. The molecule has 4 heteroatoms. The standard InChI is InChI=1S/C17H26N2O2/c1-5-18-17(20)14-10-13(6-7-19-14)16-12(3)8-11(2)9-15(16)21-4/h8-9,13-14,19H,5-7,10H2,1-4H3,(H,18,20). The van der Waals surface area contributed by atoms with E-state index in [2.05, 4.69) is 36.6 Å². The highest BCUT2D eigenvalue weighted by Crippen LogP contribution is 2.37. The van der Waals surface area contributed by atoms with Crippen molar-refractivity contribution in [2.24, 2.45) is 0 Å². The van der Waals surface area contributed by atoms with Crippen molar-refractivity contribution in [2.75, 3.05) is 20.2 Å². The summed E-state index contributed by atoms with van der Waals surface area (Å²) in [6.07, 6.45) is 1.86. The Morgan fingerprint density at radius 2 is 2.19 bits per heavy atom. The highest BCUT2D eigenvalue weighted by Gasteiger charge is 2.29. The fourth-order valence-electron chi connectivity index (χ4n) is 3.31. The van der Waals surface area contributed by atoms with Crippen molar-refractivity contribution in [2.45, 2.75) is 45.6 Å². The summed E-state index contributed by atoms with van der Waals surface area (Å²) in [5.74, 6) is 1.43. The Morgan fingerprint density at radius 1 is 1.43 bits per heavy atom. The summed E-state index contributed by atoms with van der Waals surface area (Å²) in [6.45, 7) is 7.70. The number of hydrogen-bond donors (Lipinski definition) is 2. The number of aryl methyl sites for hydroxylation is 2. The van der Waals surface area contributed by atoms with Crippen LogP contribution in [0.1, 0.15) is 42.4 Å². The average molecular weight is 290 g/mol. The maximum Gasteiger partial charge on any atom is 0.237 e. The molecule has 2 N–H and O–H groups in total. The average Bonchev–Trinajstić information content (AvgIpc) is 2.46. The molecule has 2 unspecified atom stereocenters. The van der Waals surface area contributed by atoms with Gasteiger partial charge in [0.15, 0.2) is 0 Å². The van der Waals surface area contributed by atoms with Crippen molar-refractivity contribution in [3.63, 3.8) is 0 Å². The molecule has 0 radical (unpaired) electrons.